The molecular weight excluding hydrogens is 436 g/mol. The molecule has 0 heterocycles. The molecule has 0 bridgehead atoms. The van der Waals surface area contributed by atoms with Gasteiger partial charge in [-0.2, -0.15) is 0 Å². The molecule has 3 N–H and O–H groups in total. The van der Waals surface area contributed by atoms with Crippen molar-refractivity contribution in [2.24, 2.45) is 0 Å². The first-order valence-electron chi connectivity index (χ1n) is 0.775. The molecule has 0 aromatic carbocycles. The van der Waals surface area contributed by atoms with E-state index < -0.39 is 7.32 Å². The molecule has 0 saturated carbocycles. The molecule has 0 aromatic heterocycles. The van der Waals surface area contributed by atoms with E-state index in [2.05, 4.69) is 0 Å². The number of hydrogen-bond acceptors (Lipinski definition) is 3. The van der Waals surface area contributed by atoms with Gasteiger partial charge in [0.2, 0.25) is 0 Å². The quantitative estimate of drug-likeness (QED) is 0.381. The summed E-state index contributed by atoms with van der Waals surface area (Å²) < 4.78 is 0. The van der Waals surface area contributed by atoms with Crippen LogP contribution in [0.3, 0.4) is 0 Å². The van der Waals surface area contributed by atoms with Gasteiger partial charge in [0.05, 0.1) is 0 Å². The molecule has 3 nitrogen and oxygen atoms in total. The Bertz CT molecular complexity index is 19.7. The van der Waals surface area contributed by atoms with E-state index in [4.69, 9.17) is 15.1 Å². The Morgan fingerprint density at radius 3 is 1.00 bits per heavy atom. The van der Waals surface area contributed by atoms with Crippen LogP contribution in [0.15, 0.2) is 0 Å². The van der Waals surface area contributed by atoms with Crippen LogP contribution in [0.1, 0.15) is 0 Å². The van der Waals surface area contributed by atoms with Gasteiger partial charge in [-0.05, 0) is 0 Å². The monoisotopic (exact) mass is 440 g/mol. The maximum atomic E-state index is 7.17. The topological polar surface area (TPSA) is 60.7 Å². The number of hydrogen-bond donors (Lipinski definition) is 3. The van der Waals surface area contributed by atoms with Crippen LogP contribution >= 0.6 is 0 Å². The predicted octanol–water partition coefficient (Wildman–Crippen LogP) is -2.05. The maximum Gasteiger partial charge on any atom is 0.631 e. The van der Waals surface area contributed by atoms with Gasteiger partial charge in [0.15, 0.2) is 0 Å². The van der Waals surface area contributed by atoms with Gasteiger partial charge in [-0.1, -0.05) is 0 Å². The van der Waals surface area contributed by atoms with E-state index in [1.54, 1.807) is 0 Å². The molecule has 0 aliphatic heterocycles. The first-order chi connectivity index (χ1) is 1.73. The standard InChI is InChI=1S/BH3O3.Gd.Tm.V/c2-1(3)4;;;/h2-4H;;;. The summed E-state index contributed by atoms with van der Waals surface area (Å²) in [6.07, 6.45) is 0. The molecule has 0 aliphatic carbocycles. The molecule has 0 aromatic rings. The molecule has 0 spiro atoms. The molecule has 50 valence electrons. The summed E-state index contributed by atoms with van der Waals surface area (Å²) in [7, 11) is -2.17. The minimum Gasteiger partial charge on any atom is -0.402 e. The third-order valence-electron chi connectivity index (χ3n) is 0. The molecule has 7 heteroatoms. The van der Waals surface area contributed by atoms with E-state index >= 15 is 0 Å². The summed E-state index contributed by atoms with van der Waals surface area (Å²) in [5.74, 6) is 0. The Labute approximate surface area is 115 Å². The molecule has 2 radical (unpaired) electrons. The van der Waals surface area contributed by atoms with Crippen molar-refractivity contribution in [3.63, 3.8) is 0 Å². The van der Waals surface area contributed by atoms with E-state index in [1.165, 1.54) is 0 Å². The Morgan fingerprint density at radius 1 is 1.00 bits per heavy atom. The average Bonchev–Trinajstić information content (AvgIpc) is 0.811. The summed E-state index contributed by atoms with van der Waals surface area (Å²) >= 11 is 0. The summed E-state index contributed by atoms with van der Waals surface area (Å²) in [6, 6.07) is 0. The third kappa shape index (κ3) is 47.9. The summed E-state index contributed by atoms with van der Waals surface area (Å²) in [4.78, 5) is 0. The van der Waals surface area contributed by atoms with Gasteiger partial charge >= 0.3 is 7.32 Å². The smallest absolute Gasteiger partial charge is 0.402 e. The van der Waals surface area contributed by atoms with Gasteiger partial charge in [0.1, 0.15) is 0 Å². The zero-order chi connectivity index (χ0) is 3.58. The predicted molar refractivity (Wildman–Crippen MR) is 12.4 cm³/mol. The summed E-state index contributed by atoms with van der Waals surface area (Å²) in [5.41, 5.74) is 0. The van der Waals surface area contributed by atoms with Crippen LogP contribution in [-0.4, -0.2) is 22.4 Å². The van der Waals surface area contributed by atoms with Crippen LogP contribution in [0.4, 0.5) is 0 Å². The fraction of sp³-hybridized carbons (Fsp3) is 0. The fourth-order valence-electron chi connectivity index (χ4n) is 0. The van der Waals surface area contributed by atoms with E-state index in [-0.39, 0.29) is 95.4 Å². The molecule has 0 unspecified atom stereocenters. The van der Waals surface area contributed by atoms with Crippen molar-refractivity contribution < 1.29 is 110 Å². The number of rotatable bonds is 0. The Morgan fingerprint density at radius 2 is 1.00 bits per heavy atom. The Balaban J connectivity index is -0.0000000150. The van der Waals surface area contributed by atoms with Crippen LogP contribution in [0, 0.1) is 76.8 Å². The Kier molecular flexibility index (Phi) is 51.5. The normalized spacial score (nSPS) is 3.86. The van der Waals surface area contributed by atoms with Gasteiger partial charge in [-0.25, -0.2) is 0 Å². The second-order valence-corrected chi connectivity index (χ2v) is 0.346. The largest absolute Gasteiger partial charge is 0.631 e. The molecule has 0 atom stereocenters. The van der Waals surface area contributed by atoms with Gasteiger partial charge in [-0.15, -0.1) is 0 Å². The van der Waals surface area contributed by atoms with Gasteiger partial charge in [-0.3, -0.25) is 0 Å². The molecular formula is H3BGdO3TmV. The van der Waals surface area contributed by atoms with Crippen molar-refractivity contribution in [1.29, 1.82) is 0 Å². The molecule has 0 rings (SSSR count). The van der Waals surface area contributed by atoms with Gasteiger partial charge in [0, 0.05) is 95.4 Å². The van der Waals surface area contributed by atoms with Crippen molar-refractivity contribution >= 4 is 7.32 Å². The first-order valence-corrected chi connectivity index (χ1v) is 0.775. The molecule has 0 aliphatic rings. The van der Waals surface area contributed by atoms with Crippen molar-refractivity contribution in [3.05, 3.63) is 0 Å². The maximum absolute atomic E-state index is 7.17. The summed E-state index contributed by atoms with van der Waals surface area (Å²) in [5, 5.41) is 21.5. The van der Waals surface area contributed by atoms with Crippen LogP contribution in [0.5, 0.6) is 0 Å². The second kappa shape index (κ2) is 16.0. The van der Waals surface area contributed by atoms with Crippen molar-refractivity contribution in [3.8, 4) is 0 Å². The van der Waals surface area contributed by atoms with Gasteiger partial charge in [0.25, 0.3) is 0 Å². The van der Waals surface area contributed by atoms with Crippen LogP contribution in [0.25, 0.3) is 0 Å². The van der Waals surface area contributed by atoms with E-state index in [0.29, 0.717) is 0 Å². The molecule has 0 saturated heterocycles. The summed E-state index contributed by atoms with van der Waals surface area (Å²) in [6.45, 7) is 0. The second-order valence-electron chi connectivity index (χ2n) is 0.346. The van der Waals surface area contributed by atoms with E-state index in [9.17, 15) is 0 Å². The molecule has 0 amide bonds. The minimum atomic E-state index is -2.17. The van der Waals surface area contributed by atoms with Crippen molar-refractivity contribution in [2.75, 3.05) is 0 Å². The molecule has 0 fully saturated rings. The van der Waals surface area contributed by atoms with Crippen LogP contribution in [-0.2, 0) is 18.6 Å². The third-order valence-corrected chi connectivity index (χ3v) is 0. The van der Waals surface area contributed by atoms with Crippen LogP contribution in [0.2, 0.25) is 0 Å². The molecule has 7 heavy (non-hydrogen) atoms. The minimum absolute atomic E-state index is 0. The van der Waals surface area contributed by atoms with Gasteiger partial charge < -0.3 is 15.1 Å². The average molecular weight is 439 g/mol. The van der Waals surface area contributed by atoms with E-state index in [1.807, 2.05) is 0 Å². The van der Waals surface area contributed by atoms with Crippen molar-refractivity contribution in [1.82, 2.24) is 0 Å². The zero-order valence-corrected chi connectivity index (χ0v) is 8.44. The first kappa shape index (κ1) is 22.5. The SMILES string of the molecule is OB(O)O.[Gd].[Tm].[V]. The van der Waals surface area contributed by atoms with Crippen LogP contribution < -0.4 is 0 Å². The zero-order valence-electron chi connectivity index (χ0n) is 3.00. The fourth-order valence-corrected chi connectivity index (χ4v) is 0. The van der Waals surface area contributed by atoms with E-state index in [0.717, 1.165) is 0 Å². The van der Waals surface area contributed by atoms with Crippen molar-refractivity contribution in [2.45, 2.75) is 0 Å². The Hall–Kier alpha value is 3.09.